The van der Waals surface area contributed by atoms with Crippen molar-refractivity contribution >= 4 is 17.4 Å². The molecule has 0 atom stereocenters. The summed E-state index contributed by atoms with van der Waals surface area (Å²) >= 11 is 0. The van der Waals surface area contributed by atoms with E-state index in [0.717, 1.165) is 70.0 Å². The Morgan fingerprint density at radius 3 is 2.60 bits per heavy atom. The van der Waals surface area contributed by atoms with Gasteiger partial charge < -0.3 is 20.0 Å². The van der Waals surface area contributed by atoms with Gasteiger partial charge in [0.2, 0.25) is 5.91 Å². The van der Waals surface area contributed by atoms with E-state index in [1.165, 1.54) is 71.7 Å². The zero-order chi connectivity index (χ0) is 28.8. The molecule has 2 fully saturated rings. The molecule has 1 aromatic carbocycles. The number of hydrogen-bond acceptors (Lipinski definition) is 6. The van der Waals surface area contributed by atoms with Gasteiger partial charge >= 0.3 is 0 Å². The van der Waals surface area contributed by atoms with E-state index < -0.39 is 0 Å². The second kappa shape index (κ2) is 11.5. The number of aryl methyl sites for hydroxylation is 3. The summed E-state index contributed by atoms with van der Waals surface area (Å²) in [6.07, 6.45) is 12.0. The maximum Gasteiger partial charge on any atom is 0.219 e. The Labute approximate surface area is 249 Å². The van der Waals surface area contributed by atoms with Gasteiger partial charge in [-0.3, -0.25) is 14.2 Å². The normalized spacial score (nSPS) is 20.5. The molecule has 1 amide bonds. The summed E-state index contributed by atoms with van der Waals surface area (Å²) in [6.45, 7) is 12.2. The molecule has 7 rings (SSSR count). The average molecular weight is 571 g/mol. The molecule has 4 aliphatic rings. The van der Waals surface area contributed by atoms with Crippen LogP contribution in [0.4, 0.5) is 11.5 Å². The van der Waals surface area contributed by atoms with E-state index in [0.29, 0.717) is 12.6 Å². The van der Waals surface area contributed by atoms with Gasteiger partial charge in [-0.1, -0.05) is 0 Å². The zero-order valence-electron chi connectivity index (χ0n) is 25.6. The molecule has 1 N–H and O–H groups in total. The van der Waals surface area contributed by atoms with Crippen LogP contribution in [0.15, 0.2) is 24.5 Å². The first-order valence-electron chi connectivity index (χ1n) is 16.1. The maximum atomic E-state index is 12.5. The summed E-state index contributed by atoms with van der Waals surface area (Å²) in [6, 6.07) is 5.16. The standard InChI is InChI=1S/C33H46N8O/c1-23-17-32-26(18-29(23)27-19-35-37(3)21-27)5-4-13-40(32)33-30-22-39(24(2)42)16-10-31(30)41(36-33)28-8-14-38(15-9-28)20-25-6-11-34-12-7-25/h17-19,21,25,28,34H,4-16,20,22H2,1-3H3. The molecule has 42 heavy (non-hydrogen) atoms. The van der Waals surface area contributed by atoms with Crippen molar-refractivity contribution in [3.63, 3.8) is 0 Å². The fourth-order valence-electron chi connectivity index (χ4n) is 7.82. The molecule has 9 heteroatoms. The molecule has 2 saturated heterocycles. The molecular weight excluding hydrogens is 524 g/mol. The average Bonchev–Trinajstić information content (AvgIpc) is 3.61. The molecule has 0 bridgehead atoms. The number of anilines is 2. The van der Waals surface area contributed by atoms with Crippen molar-refractivity contribution in [3.05, 3.63) is 46.9 Å². The van der Waals surface area contributed by atoms with E-state index >= 15 is 0 Å². The van der Waals surface area contributed by atoms with Crippen LogP contribution in [0.1, 0.15) is 67.5 Å². The van der Waals surface area contributed by atoms with Gasteiger partial charge in [0.05, 0.1) is 18.8 Å². The fraction of sp³-hybridized carbons (Fsp3) is 0.606. The summed E-state index contributed by atoms with van der Waals surface area (Å²) in [5.41, 5.74) is 8.95. The predicted octanol–water partition coefficient (Wildman–Crippen LogP) is 4.22. The van der Waals surface area contributed by atoms with Crippen LogP contribution in [0.3, 0.4) is 0 Å². The number of fused-ring (bicyclic) bond motifs is 2. The molecule has 224 valence electrons. The lowest BCUT2D eigenvalue weighted by atomic mass is 9.93. The van der Waals surface area contributed by atoms with E-state index in [4.69, 9.17) is 5.10 Å². The van der Waals surface area contributed by atoms with E-state index in [1.54, 1.807) is 6.92 Å². The lowest BCUT2D eigenvalue weighted by Crippen LogP contribution is -2.41. The van der Waals surface area contributed by atoms with Crippen molar-refractivity contribution in [1.82, 2.24) is 34.7 Å². The van der Waals surface area contributed by atoms with Crippen molar-refractivity contribution in [2.75, 3.05) is 50.7 Å². The molecule has 0 spiro atoms. The summed E-state index contributed by atoms with van der Waals surface area (Å²) in [7, 11) is 1.97. The summed E-state index contributed by atoms with van der Waals surface area (Å²) < 4.78 is 4.27. The van der Waals surface area contributed by atoms with Crippen LogP contribution in [-0.4, -0.2) is 81.1 Å². The van der Waals surface area contributed by atoms with E-state index in [1.807, 2.05) is 22.8 Å². The van der Waals surface area contributed by atoms with Crippen LogP contribution in [0.2, 0.25) is 0 Å². The van der Waals surface area contributed by atoms with Gasteiger partial charge in [0.1, 0.15) is 0 Å². The molecule has 4 aliphatic heterocycles. The number of rotatable bonds is 5. The highest BCUT2D eigenvalue weighted by Gasteiger charge is 2.34. The highest BCUT2D eigenvalue weighted by atomic mass is 16.2. The monoisotopic (exact) mass is 570 g/mol. The van der Waals surface area contributed by atoms with Gasteiger partial charge in [0.15, 0.2) is 5.82 Å². The number of benzene rings is 1. The number of carbonyl (C=O) groups is 1. The topological polar surface area (TPSA) is 74.5 Å². The highest BCUT2D eigenvalue weighted by molar-refractivity contribution is 5.77. The number of piperidine rings is 2. The van der Waals surface area contributed by atoms with Gasteiger partial charge in [-0.25, -0.2) is 0 Å². The van der Waals surface area contributed by atoms with Crippen molar-refractivity contribution in [2.45, 2.75) is 71.4 Å². The smallest absolute Gasteiger partial charge is 0.219 e. The molecule has 2 aromatic heterocycles. The van der Waals surface area contributed by atoms with Gasteiger partial charge in [-0.15, -0.1) is 0 Å². The lowest BCUT2D eigenvalue weighted by Gasteiger charge is -2.36. The number of nitrogens with zero attached hydrogens (tertiary/aromatic N) is 7. The van der Waals surface area contributed by atoms with E-state index in [9.17, 15) is 4.79 Å². The number of carbonyl (C=O) groups excluding carboxylic acids is 1. The molecule has 0 aliphatic carbocycles. The summed E-state index contributed by atoms with van der Waals surface area (Å²) in [4.78, 5) is 19.7. The van der Waals surface area contributed by atoms with Crippen LogP contribution < -0.4 is 10.2 Å². The Kier molecular flexibility index (Phi) is 7.56. The number of likely N-dealkylation sites (tertiary alicyclic amines) is 1. The first-order chi connectivity index (χ1) is 20.4. The number of hydrogen-bond donors (Lipinski definition) is 1. The second-order valence-corrected chi connectivity index (χ2v) is 13.1. The van der Waals surface area contributed by atoms with Crippen LogP contribution in [0, 0.1) is 12.8 Å². The van der Waals surface area contributed by atoms with Crippen molar-refractivity contribution in [3.8, 4) is 11.1 Å². The third-order valence-electron chi connectivity index (χ3n) is 10.2. The predicted molar refractivity (Wildman–Crippen MR) is 166 cm³/mol. The van der Waals surface area contributed by atoms with Crippen LogP contribution >= 0.6 is 0 Å². The van der Waals surface area contributed by atoms with E-state index in [2.05, 4.69) is 50.2 Å². The Balaban J connectivity index is 1.19. The third kappa shape index (κ3) is 5.26. The largest absolute Gasteiger partial charge is 0.338 e. The van der Waals surface area contributed by atoms with Crippen LogP contribution in [-0.2, 0) is 31.2 Å². The maximum absolute atomic E-state index is 12.5. The van der Waals surface area contributed by atoms with Gasteiger partial charge in [-0.05, 0) is 93.3 Å². The lowest BCUT2D eigenvalue weighted by molar-refractivity contribution is -0.129. The molecule has 3 aromatic rings. The number of nitrogens with one attached hydrogen (secondary N) is 1. The molecule has 0 saturated carbocycles. The summed E-state index contributed by atoms with van der Waals surface area (Å²) in [5.74, 6) is 2.06. The number of aromatic nitrogens is 4. The minimum absolute atomic E-state index is 0.154. The Morgan fingerprint density at radius 1 is 1.05 bits per heavy atom. The molecule has 6 heterocycles. The molecular formula is C33H46N8O. The highest BCUT2D eigenvalue weighted by Crippen LogP contribution is 2.41. The second-order valence-electron chi connectivity index (χ2n) is 13.1. The molecule has 9 nitrogen and oxygen atoms in total. The van der Waals surface area contributed by atoms with Crippen molar-refractivity contribution in [1.29, 1.82) is 0 Å². The van der Waals surface area contributed by atoms with Crippen molar-refractivity contribution in [2.24, 2.45) is 13.0 Å². The number of amides is 1. The minimum Gasteiger partial charge on any atom is -0.338 e. The Hall–Kier alpha value is -3.17. The van der Waals surface area contributed by atoms with Crippen LogP contribution in [0.5, 0.6) is 0 Å². The fourth-order valence-corrected chi connectivity index (χ4v) is 7.82. The first-order valence-corrected chi connectivity index (χ1v) is 16.1. The third-order valence-corrected chi connectivity index (χ3v) is 10.2. The van der Waals surface area contributed by atoms with E-state index in [-0.39, 0.29) is 5.91 Å². The van der Waals surface area contributed by atoms with Gasteiger partial charge in [-0.2, -0.15) is 10.2 Å². The SMILES string of the molecule is CC(=O)N1CCc2c(c(N3CCCc4cc(-c5cnn(C)c5)c(C)cc43)nn2C2CCN(CC3CCNCC3)CC2)C1. The summed E-state index contributed by atoms with van der Waals surface area (Å²) in [5, 5.41) is 13.4. The van der Waals surface area contributed by atoms with Gasteiger partial charge in [0, 0.05) is 81.8 Å². The molecule has 0 radical (unpaired) electrons. The van der Waals surface area contributed by atoms with Crippen molar-refractivity contribution < 1.29 is 4.79 Å². The molecule has 0 unspecified atom stereocenters. The van der Waals surface area contributed by atoms with Crippen LogP contribution in [0.25, 0.3) is 11.1 Å². The minimum atomic E-state index is 0.154. The zero-order valence-corrected chi connectivity index (χ0v) is 25.6. The van der Waals surface area contributed by atoms with Gasteiger partial charge in [0.25, 0.3) is 0 Å². The first kappa shape index (κ1) is 27.7. The quantitative estimate of drug-likeness (QED) is 0.495. The Morgan fingerprint density at radius 2 is 1.86 bits per heavy atom. The Bertz CT molecular complexity index is 1440.